The number of nitrogens with zero attached hydrogens (tertiary/aromatic N) is 4. The van der Waals surface area contributed by atoms with Gasteiger partial charge in [-0.1, -0.05) is 65.4 Å². The summed E-state index contributed by atoms with van der Waals surface area (Å²) in [5.74, 6) is 0.641. The lowest BCUT2D eigenvalue weighted by molar-refractivity contribution is 0.871. The fraction of sp³-hybridized carbons (Fsp3) is 0.0526. The molecular formula is C19H15ClN6S2. The van der Waals surface area contributed by atoms with E-state index in [2.05, 4.69) is 25.6 Å². The number of benzene rings is 2. The van der Waals surface area contributed by atoms with Gasteiger partial charge in [0.1, 0.15) is 0 Å². The number of H-pyrrole nitrogens is 1. The number of aromatic nitrogens is 4. The van der Waals surface area contributed by atoms with E-state index in [1.807, 2.05) is 61.5 Å². The van der Waals surface area contributed by atoms with Crippen LogP contribution in [0.3, 0.4) is 0 Å². The highest BCUT2D eigenvalue weighted by atomic mass is 35.5. The van der Waals surface area contributed by atoms with Crippen LogP contribution in [0.25, 0.3) is 11.4 Å². The van der Waals surface area contributed by atoms with Crippen LogP contribution in [0.5, 0.6) is 0 Å². The van der Waals surface area contributed by atoms with Crippen LogP contribution in [0.15, 0.2) is 59.7 Å². The molecule has 0 bridgehead atoms. The van der Waals surface area contributed by atoms with E-state index in [9.17, 15) is 0 Å². The maximum Gasteiger partial charge on any atom is 0.216 e. The summed E-state index contributed by atoms with van der Waals surface area (Å²) >= 11 is 13.0. The molecular weight excluding hydrogens is 412 g/mol. The largest absolute Gasteiger partial charge is 0.331 e. The first kappa shape index (κ1) is 18.5. The molecule has 6 nitrogen and oxygen atoms in total. The molecule has 0 saturated heterocycles. The van der Waals surface area contributed by atoms with E-state index in [-0.39, 0.29) is 0 Å². The van der Waals surface area contributed by atoms with Gasteiger partial charge < -0.3 is 5.32 Å². The number of anilines is 2. The van der Waals surface area contributed by atoms with Gasteiger partial charge in [-0.3, -0.25) is 0 Å². The van der Waals surface area contributed by atoms with Crippen LogP contribution in [0.1, 0.15) is 10.4 Å². The number of rotatable bonds is 5. The average Bonchev–Trinajstić information content (AvgIpc) is 3.23. The lowest BCUT2D eigenvalue weighted by Gasteiger charge is -2.03. The molecule has 0 aliphatic rings. The molecule has 0 saturated carbocycles. The number of hydrogen-bond acceptors (Lipinski definition) is 6. The molecule has 9 heteroatoms. The summed E-state index contributed by atoms with van der Waals surface area (Å²) in [7, 11) is 0. The molecule has 2 aromatic heterocycles. The van der Waals surface area contributed by atoms with Crippen molar-refractivity contribution in [3.05, 3.63) is 75.0 Å². The van der Waals surface area contributed by atoms with E-state index in [0.29, 0.717) is 20.9 Å². The summed E-state index contributed by atoms with van der Waals surface area (Å²) in [6.45, 7) is 2.02. The van der Waals surface area contributed by atoms with Crippen molar-refractivity contribution in [3.63, 3.8) is 0 Å². The molecule has 2 N–H and O–H groups in total. The molecule has 2 aromatic carbocycles. The van der Waals surface area contributed by atoms with Crippen molar-refractivity contribution in [1.82, 2.24) is 19.9 Å². The van der Waals surface area contributed by atoms with Gasteiger partial charge in [0, 0.05) is 11.3 Å². The third-order valence-electron chi connectivity index (χ3n) is 3.96. The Morgan fingerprint density at radius 1 is 1.18 bits per heavy atom. The highest BCUT2D eigenvalue weighted by molar-refractivity contribution is 7.71. The number of nitrogens with one attached hydrogen (secondary N) is 2. The van der Waals surface area contributed by atoms with Crippen LogP contribution in [-0.4, -0.2) is 26.1 Å². The average molecular weight is 427 g/mol. The zero-order valence-electron chi connectivity index (χ0n) is 14.8. The monoisotopic (exact) mass is 426 g/mol. The smallest absolute Gasteiger partial charge is 0.216 e. The molecule has 0 aliphatic heterocycles. The van der Waals surface area contributed by atoms with Gasteiger partial charge >= 0.3 is 0 Å². The minimum atomic E-state index is 0.375. The molecule has 28 heavy (non-hydrogen) atoms. The Hall–Kier alpha value is -2.81. The lowest BCUT2D eigenvalue weighted by atomic mass is 10.1. The Morgan fingerprint density at radius 2 is 1.93 bits per heavy atom. The molecule has 140 valence electrons. The van der Waals surface area contributed by atoms with Crippen LogP contribution >= 0.6 is 35.2 Å². The number of halogens is 1. The highest BCUT2D eigenvalue weighted by Gasteiger charge is 2.12. The first-order valence-corrected chi connectivity index (χ1v) is 9.98. The number of thiazole rings is 1. The highest BCUT2D eigenvalue weighted by Crippen LogP contribution is 2.28. The first-order chi connectivity index (χ1) is 13.6. The SMILES string of the molecule is Cc1ccccc1-c1n[nH]c(=S)n1/N=C/c1sc(Nc2ccccc2)nc1Cl. The Balaban J connectivity index is 1.63. The van der Waals surface area contributed by atoms with Gasteiger partial charge in [0.05, 0.1) is 11.1 Å². The number of para-hydroxylation sites is 1. The van der Waals surface area contributed by atoms with E-state index in [1.54, 1.807) is 10.9 Å². The van der Waals surface area contributed by atoms with Crippen LogP contribution in [0, 0.1) is 11.7 Å². The van der Waals surface area contributed by atoms with Crippen LogP contribution in [0.4, 0.5) is 10.8 Å². The molecule has 0 unspecified atom stereocenters. The quantitative estimate of drug-likeness (QED) is 0.319. The van der Waals surface area contributed by atoms with E-state index >= 15 is 0 Å². The summed E-state index contributed by atoms with van der Waals surface area (Å²) in [6, 6.07) is 17.7. The molecule has 4 aromatic rings. The molecule has 0 aliphatic carbocycles. The summed E-state index contributed by atoms with van der Waals surface area (Å²) in [4.78, 5) is 5.07. The predicted molar refractivity (Wildman–Crippen MR) is 117 cm³/mol. The van der Waals surface area contributed by atoms with E-state index in [1.165, 1.54) is 11.3 Å². The number of aromatic amines is 1. The topological polar surface area (TPSA) is 70.9 Å². The maximum absolute atomic E-state index is 6.28. The van der Waals surface area contributed by atoms with Crippen LogP contribution in [-0.2, 0) is 0 Å². The number of hydrogen-bond donors (Lipinski definition) is 2. The van der Waals surface area contributed by atoms with E-state index < -0.39 is 0 Å². The summed E-state index contributed by atoms with van der Waals surface area (Å²) in [5, 5.41) is 15.9. The van der Waals surface area contributed by atoms with Crippen molar-refractivity contribution in [2.75, 3.05) is 5.32 Å². The predicted octanol–water partition coefficient (Wildman–Crippen LogP) is 5.65. The standard InChI is InChI=1S/C19H15ClN6S2/c1-12-7-5-6-10-14(12)17-24-25-19(27)26(17)21-11-15-16(20)23-18(28-15)22-13-8-3-2-4-9-13/h2-11H,1H3,(H,22,23)(H,25,27)/b21-11+. The Labute approximate surface area is 175 Å². The van der Waals surface area contributed by atoms with Crippen molar-refractivity contribution in [1.29, 1.82) is 0 Å². The molecule has 0 fully saturated rings. The zero-order valence-corrected chi connectivity index (χ0v) is 17.1. The van der Waals surface area contributed by atoms with Gasteiger partial charge in [0.15, 0.2) is 16.1 Å². The van der Waals surface area contributed by atoms with Crippen LogP contribution < -0.4 is 5.32 Å². The molecule has 0 atom stereocenters. The Morgan fingerprint density at radius 3 is 2.71 bits per heavy atom. The molecule has 0 amide bonds. The lowest BCUT2D eigenvalue weighted by Crippen LogP contribution is -1.96. The van der Waals surface area contributed by atoms with Gasteiger partial charge in [-0.05, 0) is 36.8 Å². The molecule has 0 spiro atoms. The van der Waals surface area contributed by atoms with Crippen molar-refractivity contribution in [2.45, 2.75) is 6.92 Å². The third-order valence-corrected chi connectivity index (χ3v) is 5.53. The van der Waals surface area contributed by atoms with E-state index in [4.69, 9.17) is 23.8 Å². The molecule has 0 radical (unpaired) electrons. The van der Waals surface area contributed by atoms with E-state index in [0.717, 1.165) is 21.7 Å². The molecule has 4 rings (SSSR count). The van der Waals surface area contributed by atoms with Gasteiger partial charge in [0.25, 0.3) is 0 Å². The first-order valence-electron chi connectivity index (χ1n) is 8.38. The van der Waals surface area contributed by atoms with Crippen molar-refractivity contribution >= 4 is 52.2 Å². The zero-order chi connectivity index (χ0) is 19.5. The fourth-order valence-corrected chi connectivity index (χ4v) is 3.82. The van der Waals surface area contributed by atoms with Crippen LogP contribution in [0.2, 0.25) is 5.15 Å². The Kier molecular flexibility index (Phi) is 5.34. The van der Waals surface area contributed by atoms with Gasteiger partial charge in [-0.2, -0.15) is 14.9 Å². The summed E-state index contributed by atoms with van der Waals surface area (Å²) < 4.78 is 1.98. The summed E-state index contributed by atoms with van der Waals surface area (Å²) in [6.07, 6.45) is 1.64. The maximum atomic E-state index is 6.28. The van der Waals surface area contributed by atoms with Gasteiger partial charge in [-0.15, -0.1) is 0 Å². The fourth-order valence-electron chi connectivity index (χ4n) is 2.60. The van der Waals surface area contributed by atoms with Gasteiger partial charge in [0.2, 0.25) is 4.77 Å². The van der Waals surface area contributed by atoms with Gasteiger partial charge in [-0.25, -0.2) is 10.1 Å². The number of aryl methyl sites for hydroxylation is 1. The molecule has 2 heterocycles. The second-order valence-corrected chi connectivity index (χ2v) is 7.66. The Bertz CT molecular complexity index is 1190. The third kappa shape index (κ3) is 3.89. The second-order valence-electron chi connectivity index (χ2n) is 5.89. The minimum absolute atomic E-state index is 0.375. The van der Waals surface area contributed by atoms with Crippen molar-refractivity contribution in [3.8, 4) is 11.4 Å². The second kappa shape index (κ2) is 8.05. The van der Waals surface area contributed by atoms with Crippen molar-refractivity contribution < 1.29 is 0 Å². The van der Waals surface area contributed by atoms with Crippen molar-refractivity contribution in [2.24, 2.45) is 5.10 Å². The minimum Gasteiger partial charge on any atom is -0.331 e. The summed E-state index contributed by atoms with van der Waals surface area (Å²) in [5.41, 5.74) is 2.97. The normalized spacial score (nSPS) is 11.2.